The van der Waals surface area contributed by atoms with E-state index in [0.717, 1.165) is 13.1 Å². The Morgan fingerprint density at radius 2 is 2.00 bits per heavy atom. The molecule has 2 unspecified atom stereocenters. The lowest BCUT2D eigenvalue weighted by Crippen LogP contribution is -2.44. The van der Waals surface area contributed by atoms with Gasteiger partial charge in [0.15, 0.2) is 0 Å². The molecule has 0 spiro atoms. The van der Waals surface area contributed by atoms with Crippen LogP contribution in [0.1, 0.15) is 34.1 Å². The monoisotopic (exact) mass is 246 g/mol. The Morgan fingerprint density at radius 3 is 2.44 bits per heavy atom. The third-order valence-electron chi connectivity index (χ3n) is 3.45. The van der Waals surface area contributed by atoms with E-state index in [1.54, 1.807) is 0 Å². The molecular formula is C13H30N2S. The van der Waals surface area contributed by atoms with Crippen LogP contribution in [0.3, 0.4) is 0 Å². The van der Waals surface area contributed by atoms with Crippen LogP contribution in [0.4, 0.5) is 0 Å². The molecule has 0 heterocycles. The number of hydrogen-bond acceptors (Lipinski definition) is 3. The summed E-state index contributed by atoms with van der Waals surface area (Å²) in [5.41, 5.74) is 0.400. The summed E-state index contributed by atoms with van der Waals surface area (Å²) in [5.74, 6) is 1.22. The largest absolute Gasteiger partial charge is 0.316 e. The van der Waals surface area contributed by atoms with Crippen LogP contribution in [0.5, 0.6) is 0 Å². The van der Waals surface area contributed by atoms with Gasteiger partial charge in [-0.05, 0) is 38.6 Å². The second-order valence-corrected chi connectivity index (χ2v) is 6.07. The molecule has 0 aliphatic carbocycles. The molecule has 0 aromatic heterocycles. The fraction of sp³-hybridized carbons (Fsp3) is 1.00. The lowest BCUT2D eigenvalue weighted by molar-refractivity contribution is 0.156. The van der Waals surface area contributed by atoms with Gasteiger partial charge >= 0.3 is 0 Å². The Bertz CT molecular complexity index is 175. The molecular weight excluding hydrogens is 216 g/mol. The van der Waals surface area contributed by atoms with Crippen LogP contribution in [0, 0.1) is 5.41 Å². The molecule has 0 aliphatic heterocycles. The summed E-state index contributed by atoms with van der Waals surface area (Å²) >= 11 is 1.93. The molecule has 0 bridgehead atoms. The van der Waals surface area contributed by atoms with E-state index in [2.05, 4.69) is 51.2 Å². The summed E-state index contributed by atoms with van der Waals surface area (Å²) in [5, 5.41) is 3.48. The predicted molar refractivity (Wildman–Crippen MR) is 77.4 cm³/mol. The van der Waals surface area contributed by atoms with Gasteiger partial charge in [0.25, 0.3) is 0 Å². The zero-order valence-electron chi connectivity index (χ0n) is 12.0. The van der Waals surface area contributed by atoms with Gasteiger partial charge in [-0.1, -0.05) is 20.8 Å². The molecule has 0 saturated heterocycles. The molecule has 2 atom stereocenters. The van der Waals surface area contributed by atoms with Gasteiger partial charge in [-0.15, -0.1) is 0 Å². The molecule has 0 aliphatic rings. The van der Waals surface area contributed by atoms with Gasteiger partial charge in [-0.25, -0.2) is 0 Å². The Labute approximate surface area is 107 Å². The highest BCUT2D eigenvalue weighted by Gasteiger charge is 2.25. The van der Waals surface area contributed by atoms with E-state index in [0.29, 0.717) is 11.5 Å². The first-order chi connectivity index (χ1) is 7.49. The van der Waals surface area contributed by atoms with Gasteiger partial charge in [0.05, 0.1) is 0 Å². The van der Waals surface area contributed by atoms with Crippen molar-refractivity contribution in [2.75, 3.05) is 38.7 Å². The van der Waals surface area contributed by atoms with Crippen molar-refractivity contribution in [3.8, 4) is 0 Å². The molecule has 98 valence electrons. The molecule has 0 aromatic rings. The van der Waals surface area contributed by atoms with E-state index in [4.69, 9.17) is 0 Å². The van der Waals surface area contributed by atoms with Gasteiger partial charge in [-0.2, -0.15) is 11.8 Å². The van der Waals surface area contributed by atoms with E-state index in [1.165, 1.54) is 18.7 Å². The van der Waals surface area contributed by atoms with Crippen LogP contribution >= 0.6 is 11.8 Å². The third-order valence-corrected chi connectivity index (χ3v) is 4.26. The average Bonchev–Trinajstić information content (AvgIpc) is 2.26. The SMILES string of the molecule is CCNCC(C)(CC)CN(C)C(C)CSC. The van der Waals surface area contributed by atoms with Gasteiger partial charge < -0.3 is 10.2 Å². The molecule has 0 radical (unpaired) electrons. The maximum absolute atomic E-state index is 3.48. The molecule has 0 amide bonds. The van der Waals surface area contributed by atoms with Crippen LogP contribution in [0.2, 0.25) is 0 Å². The number of thioether (sulfide) groups is 1. The average molecular weight is 246 g/mol. The number of rotatable bonds is 9. The summed E-state index contributed by atoms with van der Waals surface area (Å²) in [6.45, 7) is 12.5. The fourth-order valence-corrected chi connectivity index (χ4v) is 2.58. The molecule has 0 aromatic carbocycles. The minimum Gasteiger partial charge on any atom is -0.316 e. The molecule has 3 heteroatoms. The van der Waals surface area contributed by atoms with E-state index < -0.39 is 0 Å². The Hall–Kier alpha value is 0.270. The van der Waals surface area contributed by atoms with Crippen LogP contribution in [0.15, 0.2) is 0 Å². The van der Waals surface area contributed by atoms with Gasteiger partial charge in [-0.3, -0.25) is 0 Å². The first kappa shape index (κ1) is 16.3. The van der Waals surface area contributed by atoms with Gasteiger partial charge in [0.2, 0.25) is 0 Å². The molecule has 2 nitrogen and oxygen atoms in total. The Morgan fingerprint density at radius 1 is 1.38 bits per heavy atom. The van der Waals surface area contributed by atoms with Crippen LogP contribution in [-0.4, -0.2) is 49.6 Å². The standard InChI is InChI=1S/C13H30N2S/c1-7-13(4,10-14-8-2)11-15(5)12(3)9-16-6/h12,14H,7-11H2,1-6H3. The molecule has 0 rings (SSSR count). The van der Waals surface area contributed by atoms with E-state index in [9.17, 15) is 0 Å². The first-order valence-electron chi connectivity index (χ1n) is 6.39. The predicted octanol–water partition coefficient (Wildman–Crippen LogP) is 2.70. The fourth-order valence-electron chi connectivity index (χ4n) is 1.85. The zero-order chi connectivity index (χ0) is 12.6. The lowest BCUT2D eigenvalue weighted by atomic mass is 9.86. The Balaban J connectivity index is 4.17. The second kappa shape index (κ2) is 8.37. The van der Waals surface area contributed by atoms with Crippen LogP contribution in [-0.2, 0) is 0 Å². The minimum atomic E-state index is 0.400. The van der Waals surface area contributed by atoms with Crippen molar-refractivity contribution in [3.05, 3.63) is 0 Å². The highest BCUT2D eigenvalue weighted by Crippen LogP contribution is 2.22. The number of nitrogens with zero attached hydrogens (tertiary/aromatic N) is 1. The quantitative estimate of drug-likeness (QED) is 0.673. The van der Waals surface area contributed by atoms with E-state index in [-0.39, 0.29) is 0 Å². The van der Waals surface area contributed by atoms with Crippen LogP contribution < -0.4 is 5.32 Å². The number of nitrogens with one attached hydrogen (secondary N) is 1. The van der Waals surface area contributed by atoms with Crippen molar-refractivity contribution in [2.24, 2.45) is 5.41 Å². The zero-order valence-corrected chi connectivity index (χ0v) is 12.8. The highest BCUT2D eigenvalue weighted by molar-refractivity contribution is 7.98. The first-order valence-corrected chi connectivity index (χ1v) is 7.78. The summed E-state index contributed by atoms with van der Waals surface area (Å²) in [6.07, 6.45) is 3.42. The molecule has 0 saturated carbocycles. The van der Waals surface area contributed by atoms with Crippen molar-refractivity contribution in [1.82, 2.24) is 10.2 Å². The molecule has 0 fully saturated rings. The van der Waals surface area contributed by atoms with Crippen molar-refractivity contribution in [1.29, 1.82) is 0 Å². The highest BCUT2D eigenvalue weighted by atomic mass is 32.2. The molecule has 1 N–H and O–H groups in total. The second-order valence-electron chi connectivity index (χ2n) is 5.16. The maximum Gasteiger partial charge on any atom is 0.0155 e. The summed E-state index contributed by atoms with van der Waals surface area (Å²) < 4.78 is 0. The van der Waals surface area contributed by atoms with Crippen molar-refractivity contribution < 1.29 is 0 Å². The summed E-state index contributed by atoms with van der Waals surface area (Å²) in [4.78, 5) is 2.50. The number of hydrogen-bond donors (Lipinski definition) is 1. The van der Waals surface area contributed by atoms with Crippen molar-refractivity contribution >= 4 is 11.8 Å². The van der Waals surface area contributed by atoms with Crippen LogP contribution in [0.25, 0.3) is 0 Å². The van der Waals surface area contributed by atoms with E-state index in [1.807, 2.05) is 11.8 Å². The van der Waals surface area contributed by atoms with E-state index >= 15 is 0 Å². The third kappa shape index (κ3) is 6.12. The van der Waals surface area contributed by atoms with Crippen molar-refractivity contribution in [2.45, 2.75) is 40.2 Å². The minimum absolute atomic E-state index is 0.400. The smallest absolute Gasteiger partial charge is 0.0155 e. The topological polar surface area (TPSA) is 15.3 Å². The normalized spacial score (nSPS) is 17.4. The summed E-state index contributed by atoms with van der Waals surface area (Å²) in [6, 6.07) is 0.669. The molecule has 16 heavy (non-hydrogen) atoms. The van der Waals surface area contributed by atoms with Gasteiger partial charge in [0, 0.05) is 24.9 Å². The lowest BCUT2D eigenvalue weighted by Gasteiger charge is -2.36. The maximum atomic E-state index is 3.48. The summed E-state index contributed by atoms with van der Waals surface area (Å²) in [7, 11) is 2.25. The van der Waals surface area contributed by atoms with Gasteiger partial charge in [0.1, 0.15) is 0 Å². The Kier molecular flexibility index (Phi) is 8.52. The van der Waals surface area contributed by atoms with Crippen molar-refractivity contribution in [3.63, 3.8) is 0 Å².